The van der Waals surface area contributed by atoms with Crippen molar-refractivity contribution in [3.05, 3.63) is 58.1 Å². The van der Waals surface area contributed by atoms with Gasteiger partial charge in [-0.2, -0.15) is 0 Å². The molecule has 0 spiro atoms. The van der Waals surface area contributed by atoms with E-state index >= 15 is 0 Å². The number of hydrogen-bond acceptors (Lipinski definition) is 4. The first-order chi connectivity index (χ1) is 13.1. The second-order valence-electron chi connectivity index (χ2n) is 8.00. The molecule has 7 heteroatoms. The Morgan fingerprint density at radius 3 is 2.50 bits per heavy atom. The molecule has 1 N–H and O–H groups in total. The normalized spacial score (nSPS) is 26.4. The molecule has 2 heterocycles. The van der Waals surface area contributed by atoms with E-state index in [-0.39, 0.29) is 4.90 Å². The summed E-state index contributed by atoms with van der Waals surface area (Å²) in [6.07, 6.45) is 0.399. The van der Waals surface area contributed by atoms with Crippen LogP contribution in [-0.2, 0) is 14.6 Å². The molecule has 5 nitrogen and oxygen atoms in total. The van der Waals surface area contributed by atoms with Crippen LogP contribution in [0.4, 0.5) is 0 Å². The van der Waals surface area contributed by atoms with Gasteiger partial charge in [0.2, 0.25) is 5.91 Å². The van der Waals surface area contributed by atoms with Crippen molar-refractivity contribution in [1.82, 2.24) is 5.32 Å². The molecule has 2 aliphatic heterocycles. The summed E-state index contributed by atoms with van der Waals surface area (Å²) in [6, 6.07) is 12.3. The molecule has 1 saturated heterocycles. The number of halogens is 1. The third-order valence-corrected chi connectivity index (χ3v) is 8.17. The van der Waals surface area contributed by atoms with Gasteiger partial charge >= 0.3 is 0 Å². The van der Waals surface area contributed by atoms with E-state index < -0.39 is 32.6 Å². The van der Waals surface area contributed by atoms with Crippen LogP contribution in [0.1, 0.15) is 50.2 Å². The Bertz CT molecular complexity index is 1050. The molecule has 3 atom stereocenters. The Morgan fingerprint density at radius 1 is 1.18 bits per heavy atom. The molecule has 0 aromatic heterocycles. The number of nitrogens with one attached hydrogen (secondary N) is 1. The number of amides is 1. The van der Waals surface area contributed by atoms with Crippen molar-refractivity contribution in [1.29, 1.82) is 0 Å². The van der Waals surface area contributed by atoms with Gasteiger partial charge in [0, 0.05) is 22.4 Å². The van der Waals surface area contributed by atoms with Gasteiger partial charge in [-0.15, -0.1) is 0 Å². The van der Waals surface area contributed by atoms with Crippen molar-refractivity contribution in [2.24, 2.45) is 0 Å². The van der Waals surface area contributed by atoms with Crippen LogP contribution in [-0.4, -0.2) is 25.3 Å². The predicted octanol–water partition coefficient (Wildman–Crippen LogP) is 4.13. The summed E-state index contributed by atoms with van der Waals surface area (Å²) in [5.41, 5.74) is 0.893. The first-order valence-corrected chi connectivity index (χ1v) is 11.6. The van der Waals surface area contributed by atoms with Gasteiger partial charge in [-0.3, -0.25) is 4.79 Å². The summed E-state index contributed by atoms with van der Waals surface area (Å²) >= 11 is 3.44. The minimum atomic E-state index is -3.87. The van der Waals surface area contributed by atoms with Gasteiger partial charge < -0.3 is 10.1 Å². The molecule has 0 radical (unpaired) electrons. The molecule has 2 aromatic rings. The van der Waals surface area contributed by atoms with E-state index in [1.807, 2.05) is 30.3 Å². The maximum atomic E-state index is 13.5. The fourth-order valence-electron chi connectivity index (χ4n) is 4.12. The van der Waals surface area contributed by atoms with Crippen molar-refractivity contribution >= 4 is 31.7 Å². The van der Waals surface area contributed by atoms with Crippen molar-refractivity contribution in [2.75, 3.05) is 0 Å². The highest BCUT2D eigenvalue weighted by atomic mass is 79.9. The third kappa shape index (κ3) is 3.14. The second kappa shape index (κ2) is 6.59. The van der Waals surface area contributed by atoms with E-state index in [2.05, 4.69) is 35.1 Å². The van der Waals surface area contributed by atoms with E-state index in [1.54, 1.807) is 19.1 Å². The minimum absolute atomic E-state index is 0.170. The Balaban J connectivity index is 1.81. The zero-order valence-corrected chi connectivity index (χ0v) is 18.3. The molecule has 148 valence electrons. The van der Waals surface area contributed by atoms with Crippen LogP contribution in [0.5, 0.6) is 5.75 Å². The summed E-state index contributed by atoms with van der Waals surface area (Å²) in [6.45, 7) is 5.88. The highest BCUT2D eigenvalue weighted by Gasteiger charge is 2.54. The molecule has 0 saturated carbocycles. The zero-order chi connectivity index (χ0) is 20.3. The molecule has 2 aliphatic rings. The number of carbonyl (C=O) groups excluding carboxylic acids is 1. The number of sulfone groups is 1. The van der Waals surface area contributed by atoms with Gasteiger partial charge in [-0.1, -0.05) is 41.9 Å². The number of carbonyl (C=O) groups is 1. The molecule has 28 heavy (non-hydrogen) atoms. The van der Waals surface area contributed by atoms with Gasteiger partial charge in [-0.25, -0.2) is 8.42 Å². The Labute approximate surface area is 173 Å². The quantitative estimate of drug-likeness (QED) is 0.742. The van der Waals surface area contributed by atoms with Gasteiger partial charge in [0.25, 0.3) is 0 Å². The fourth-order valence-corrected chi connectivity index (χ4v) is 6.33. The van der Waals surface area contributed by atoms with Crippen LogP contribution < -0.4 is 10.1 Å². The van der Waals surface area contributed by atoms with Crippen molar-refractivity contribution < 1.29 is 17.9 Å². The van der Waals surface area contributed by atoms with E-state index in [9.17, 15) is 13.2 Å². The van der Waals surface area contributed by atoms with E-state index in [1.165, 1.54) is 0 Å². The number of ether oxygens (including phenoxy) is 1. The highest BCUT2D eigenvalue weighted by molar-refractivity contribution is 9.10. The second-order valence-corrected chi connectivity index (χ2v) is 11.0. The molecule has 0 unspecified atom stereocenters. The smallest absolute Gasteiger partial charge is 0.242 e. The summed E-state index contributed by atoms with van der Waals surface area (Å²) in [4.78, 5) is 13.1. The summed E-state index contributed by atoms with van der Waals surface area (Å²) in [5.74, 6) is -0.0837. The van der Waals surface area contributed by atoms with Crippen molar-refractivity contribution in [3.63, 3.8) is 0 Å². The number of piperidine rings is 1. The lowest BCUT2D eigenvalue weighted by atomic mass is 9.81. The SMILES string of the molecule is CC(C)c1ccc(S(=O)(=O)[C@@H]2C(=O)N[C@@]3(C)C[C@H]2c2cc(Br)ccc2O3)cc1. The molecule has 0 aliphatic carbocycles. The van der Waals surface area contributed by atoms with Crippen LogP contribution in [0.3, 0.4) is 0 Å². The number of hydrogen-bond donors (Lipinski definition) is 1. The number of benzene rings is 2. The fraction of sp³-hybridized carbons (Fsp3) is 0.381. The topological polar surface area (TPSA) is 72.5 Å². The summed E-state index contributed by atoms with van der Waals surface area (Å²) in [5, 5.41) is 1.59. The first kappa shape index (κ1) is 19.5. The van der Waals surface area contributed by atoms with Crippen LogP contribution in [0.15, 0.2) is 51.8 Å². The lowest BCUT2D eigenvalue weighted by Crippen LogP contribution is -2.63. The monoisotopic (exact) mass is 463 g/mol. The number of rotatable bonds is 3. The molecule has 1 fully saturated rings. The standard InChI is InChI=1S/C21H22BrNO4S/c1-12(2)13-4-7-15(8-5-13)28(25,26)19-17-11-21(3,23-20(19)24)27-18-9-6-14(22)10-16(17)18/h4-10,12,17,19H,11H2,1-3H3,(H,23,24)/t17-,19-,21+/m0/s1. The Morgan fingerprint density at radius 2 is 1.86 bits per heavy atom. The van der Waals surface area contributed by atoms with Gasteiger partial charge in [0.05, 0.1) is 4.90 Å². The maximum absolute atomic E-state index is 13.5. The first-order valence-electron chi connectivity index (χ1n) is 9.25. The minimum Gasteiger partial charge on any atom is -0.468 e. The molecular weight excluding hydrogens is 442 g/mol. The summed E-state index contributed by atoms with van der Waals surface area (Å²) in [7, 11) is -3.87. The van der Waals surface area contributed by atoms with Crippen LogP contribution in [0.2, 0.25) is 0 Å². The van der Waals surface area contributed by atoms with Gasteiger partial charge in [0.15, 0.2) is 20.8 Å². The predicted molar refractivity (Wildman–Crippen MR) is 110 cm³/mol. The third-order valence-electron chi connectivity index (χ3n) is 5.54. The highest BCUT2D eigenvalue weighted by Crippen LogP contribution is 2.47. The van der Waals surface area contributed by atoms with Crippen LogP contribution in [0.25, 0.3) is 0 Å². The van der Waals surface area contributed by atoms with Gasteiger partial charge in [0.1, 0.15) is 5.75 Å². The van der Waals surface area contributed by atoms with Crippen molar-refractivity contribution in [3.8, 4) is 5.75 Å². The molecule has 2 bridgehead atoms. The Hall–Kier alpha value is -1.86. The summed E-state index contributed by atoms with van der Waals surface area (Å²) < 4.78 is 33.7. The zero-order valence-electron chi connectivity index (χ0n) is 15.9. The molecular formula is C21H22BrNO4S. The van der Waals surface area contributed by atoms with E-state index in [4.69, 9.17) is 4.74 Å². The molecule has 1 amide bonds. The lowest BCUT2D eigenvalue weighted by molar-refractivity contribution is -0.132. The largest absolute Gasteiger partial charge is 0.468 e. The molecule has 2 aromatic carbocycles. The molecule has 4 rings (SSSR count). The average molecular weight is 464 g/mol. The lowest BCUT2D eigenvalue weighted by Gasteiger charge is -2.46. The van der Waals surface area contributed by atoms with E-state index in [0.717, 1.165) is 15.6 Å². The van der Waals surface area contributed by atoms with Gasteiger partial charge in [-0.05, 0) is 48.7 Å². The number of fused-ring (bicyclic) bond motifs is 4. The average Bonchev–Trinajstić information content (AvgIpc) is 2.61. The van der Waals surface area contributed by atoms with E-state index in [0.29, 0.717) is 18.1 Å². The maximum Gasteiger partial charge on any atom is 0.242 e. The van der Waals surface area contributed by atoms with Crippen LogP contribution >= 0.6 is 15.9 Å². The van der Waals surface area contributed by atoms with Crippen molar-refractivity contribution in [2.45, 2.75) is 54.9 Å². The Kier molecular flexibility index (Phi) is 4.58. The van der Waals surface area contributed by atoms with Crippen LogP contribution in [0, 0.1) is 0 Å².